The van der Waals surface area contributed by atoms with Gasteiger partial charge in [-0.2, -0.15) is 0 Å². The van der Waals surface area contributed by atoms with Crippen molar-refractivity contribution in [2.45, 2.75) is 75.5 Å². The molecule has 6 aromatic rings. The molecule has 0 bridgehead atoms. The smallest absolute Gasteiger partial charge is 0.320 e. The molecule has 5 unspecified atom stereocenters. The summed E-state index contributed by atoms with van der Waals surface area (Å²) in [7, 11) is -11.4. The Morgan fingerprint density at radius 2 is 1.00 bits per heavy atom. The van der Waals surface area contributed by atoms with E-state index in [0.29, 0.717) is 24.2 Å². The van der Waals surface area contributed by atoms with Gasteiger partial charge >= 0.3 is 12.1 Å². The normalized spacial score (nSPS) is 27.9. The fourth-order valence-electron chi connectivity index (χ4n) is 8.30. The number of carbonyl (C=O) groups is 2. The summed E-state index contributed by atoms with van der Waals surface area (Å²) in [4.78, 5) is 76.9. The van der Waals surface area contributed by atoms with Gasteiger partial charge in [0, 0.05) is 24.2 Å². The maximum absolute atomic E-state index is 13.3. The third kappa shape index (κ3) is 9.70. The highest BCUT2D eigenvalue weighted by molar-refractivity contribution is 7.59. The van der Waals surface area contributed by atoms with Crippen LogP contribution < -0.4 is 31.1 Å². The van der Waals surface area contributed by atoms with Crippen LogP contribution in [0, 0.1) is 0 Å². The fourth-order valence-corrected chi connectivity index (χ4v) is 10.3. The molecule has 0 radical (unpaired) electrons. The second-order valence-corrected chi connectivity index (χ2v) is 18.6. The lowest BCUT2D eigenvalue weighted by molar-refractivity contribution is -0.247. The lowest BCUT2D eigenvalue weighted by Gasteiger charge is -2.32. The predicted octanol–water partition coefficient (Wildman–Crippen LogP) is 2.70. The average Bonchev–Trinajstić information content (AvgIpc) is 4.20. The Bertz CT molecular complexity index is 2730. The van der Waals surface area contributed by atoms with Gasteiger partial charge in [-0.1, -0.05) is 60.7 Å². The maximum Gasteiger partial charge on any atom is 0.320 e. The summed E-state index contributed by atoms with van der Waals surface area (Å²) in [6.45, 7) is 2.65. The molecule has 4 aliphatic heterocycles. The summed E-state index contributed by atoms with van der Waals surface area (Å²) < 4.78 is 82.0. The third-order valence-corrected chi connectivity index (χ3v) is 13.8. The quantitative estimate of drug-likeness (QED) is 0.101. The van der Waals surface area contributed by atoms with Gasteiger partial charge in [-0.05, 0) is 13.8 Å². The number of fused-ring (bicyclic) bond motifs is 4. The Morgan fingerprint density at radius 3 is 1.41 bits per heavy atom. The van der Waals surface area contributed by atoms with E-state index in [2.05, 4.69) is 55.5 Å². The molecule has 4 fully saturated rings. The molecule has 4 amide bonds. The van der Waals surface area contributed by atoms with Gasteiger partial charge in [0.2, 0.25) is 0 Å². The zero-order valence-corrected chi connectivity index (χ0v) is 38.1. The Kier molecular flexibility index (Phi) is 13.2. The zero-order chi connectivity index (χ0) is 47.9. The van der Waals surface area contributed by atoms with Crippen molar-refractivity contribution >= 4 is 61.7 Å². The molecule has 69 heavy (non-hydrogen) atoms. The van der Waals surface area contributed by atoms with E-state index in [1.165, 1.54) is 34.4 Å². The van der Waals surface area contributed by atoms with E-state index in [-0.39, 0.29) is 34.0 Å². The van der Waals surface area contributed by atoms with Crippen molar-refractivity contribution in [3.63, 3.8) is 0 Å². The minimum Gasteiger partial charge on any atom is -0.756 e. The van der Waals surface area contributed by atoms with Gasteiger partial charge in [0.25, 0.3) is 15.6 Å². The van der Waals surface area contributed by atoms with E-state index in [1.54, 1.807) is 62.4 Å². The third-order valence-electron chi connectivity index (χ3n) is 11.2. The first-order valence-electron chi connectivity index (χ1n) is 21.5. The summed E-state index contributed by atoms with van der Waals surface area (Å²) in [5, 5.41) is 10.5. The molecule has 0 aliphatic carbocycles. The number of anilines is 2. The molecule has 27 nitrogen and oxygen atoms in total. The summed E-state index contributed by atoms with van der Waals surface area (Å²) in [6, 6.07) is 16.9. The molecular formula is C40H42N12O15P2-2. The van der Waals surface area contributed by atoms with Crippen molar-refractivity contribution in [3.05, 3.63) is 97.1 Å². The Labute approximate surface area is 390 Å². The standard InChI is InChI=1S/C40H44N12O15P2/c1-3-41-39(53)49-31-25-33(45-17-43-31)51(19-47-25)35-29-27(63-37(65-29)21-11-7-5-8-12-21)23(61-35)15-59-68(55,56)67-69(57,58)60-16-24-28-30(66-38(64-28)22-13-9-6-10-14-22)36(62-24)52-20-48-26-32(44-18-46-34(26)52)50-40(54)42-4-2/h5-14,17-20,23-24,27-30,35-38H,3-4,15-16H2,1-2H3,(H,55,56)(H,57,58)(H2,41,43,45,49,53)(H2,42,44,46,50,54)/p-2/t23-,24-,27?,28?,29+,30?,35-,36-,37+,38-/m1/s1. The minimum absolute atomic E-state index is 0.113. The van der Waals surface area contributed by atoms with Crippen molar-refractivity contribution in [2.75, 3.05) is 36.9 Å². The van der Waals surface area contributed by atoms with Crippen molar-refractivity contribution in [3.8, 4) is 0 Å². The number of hydrogen-bond donors (Lipinski definition) is 4. The molecule has 2 aromatic carbocycles. The van der Waals surface area contributed by atoms with E-state index in [4.69, 9.17) is 37.5 Å². The number of rotatable bonds is 16. The second-order valence-electron chi connectivity index (χ2n) is 15.6. The Hall–Kier alpha value is -5.90. The summed E-state index contributed by atoms with van der Waals surface area (Å²) in [6.07, 6.45) is -4.85. The number of nitrogens with zero attached hydrogens (tertiary/aromatic N) is 8. The molecular weight excluding hydrogens is 950 g/mol. The summed E-state index contributed by atoms with van der Waals surface area (Å²) in [5.74, 6) is 0.226. The van der Waals surface area contributed by atoms with Crippen molar-refractivity contribution in [1.29, 1.82) is 0 Å². The van der Waals surface area contributed by atoms with E-state index in [1.807, 2.05) is 12.1 Å². The number of carbonyl (C=O) groups excluding carboxylic acids is 2. The Balaban J connectivity index is 0.832. The number of urea groups is 2. The SMILES string of the molecule is CCNC(=O)Nc1ncnc2c1ncn2[C@@H]1O[C@H](COP(=O)([O-])OP(=O)([O-])OC[C@H]2O[C@@H](n3cnc4c(NC(=O)NCC)ncnc43)[C@H]3O[C@@H](c4ccccc4)OC23)C2O[C@@H](c3ccccc3)OC21. The highest BCUT2D eigenvalue weighted by Crippen LogP contribution is 2.57. The van der Waals surface area contributed by atoms with E-state index in [9.17, 15) is 28.5 Å². The van der Waals surface area contributed by atoms with E-state index in [0.717, 1.165) is 0 Å². The number of phosphoric acid groups is 2. The van der Waals surface area contributed by atoms with Crippen LogP contribution in [0.15, 0.2) is 86.0 Å². The highest BCUT2D eigenvalue weighted by atomic mass is 31.3. The first kappa shape index (κ1) is 46.8. The lowest BCUT2D eigenvalue weighted by atomic mass is 10.1. The molecule has 4 aromatic heterocycles. The van der Waals surface area contributed by atoms with Crippen LogP contribution >= 0.6 is 15.6 Å². The lowest BCUT2D eigenvalue weighted by Crippen LogP contribution is -2.33. The highest BCUT2D eigenvalue weighted by Gasteiger charge is 2.56. The number of aromatic nitrogens is 8. The number of imidazole rings is 2. The predicted molar refractivity (Wildman–Crippen MR) is 230 cm³/mol. The van der Waals surface area contributed by atoms with Crippen LogP contribution in [0.1, 0.15) is 50.0 Å². The van der Waals surface area contributed by atoms with Crippen molar-refractivity contribution in [2.24, 2.45) is 0 Å². The van der Waals surface area contributed by atoms with E-state index < -0.39 is 103 Å². The first-order valence-corrected chi connectivity index (χ1v) is 24.4. The van der Waals surface area contributed by atoms with Crippen LogP contribution in [0.25, 0.3) is 22.3 Å². The van der Waals surface area contributed by atoms with Gasteiger partial charge in [0.15, 0.2) is 59.0 Å². The number of nitrogens with one attached hydrogen (secondary N) is 4. The Morgan fingerprint density at radius 1 is 0.594 bits per heavy atom. The molecule has 0 saturated carbocycles. The number of amides is 4. The summed E-state index contributed by atoms with van der Waals surface area (Å²) >= 11 is 0. The minimum atomic E-state index is -5.72. The van der Waals surface area contributed by atoms with Crippen LogP contribution in [0.3, 0.4) is 0 Å². The van der Waals surface area contributed by atoms with Crippen LogP contribution in [-0.2, 0) is 50.9 Å². The molecule has 4 N–H and O–H groups in total. The number of hydrogen-bond acceptors (Lipinski definition) is 21. The van der Waals surface area contributed by atoms with E-state index >= 15 is 0 Å². The molecule has 12 atom stereocenters. The van der Waals surface area contributed by atoms with Crippen LogP contribution in [0.4, 0.5) is 21.2 Å². The van der Waals surface area contributed by atoms with Gasteiger partial charge in [0.05, 0.1) is 25.9 Å². The average molecular weight is 993 g/mol. The maximum atomic E-state index is 13.3. The summed E-state index contributed by atoms with van der Waals surface area (Å²) in [5.41, 5.74) is 2.21. The van der Waals surface area contributed by atoms with Gasteiger partial charge < -0.3 is 57.9 Å². The number of phosphoric ester groups is 2. The fraction of sp³-hybridized carbons (Fsp3) is 0.400. The first-order chi connectivity index (χ1) is 33.4. The van der Waals surface area contributed by atoms with Gasteiger partial charge in [-0.25, -0.2) is 43.8 Å². The molecule has 10 rings (SSSR count). The largest absolute Gasteiger partial charge is 0.756 e. The molecule has 0 spiro atoms. The zero-order valence-electron chi connectivity index (χ0n) is 36.3. The molecule has 364 valence electrons. The molecule has 8 heterocycles. The van der Waals surface area contributed by atoms with Gasteiger partial charge in [0.1, 0.15) is 49.3 Å². The molecule has 4 aliphatic rings. The van der Waals surface area contributed by atoms with Crippen molar-refractivity contribution < 1.29 is 70.3 Å². The molecule has 4 saturated heterocycles. The second kappa shape index (κ2) is 19.5. The van der Waals surface area contributed by atoms with Crippen LogP contribution in [-0.4, -0.2) is 114 Å². The number of ether oxygens (including phenoxy) is 6. The monoisotopic (exact) mass is 992 g/mol. The van der Waals surface area contributed by atoms with Crippen LogP contribution in [0.2, 0.25) is 0 Å². The van der Waals surface area contributed by atoms with Gasteiger partial charge in [-0.3, -0.25) is 28.9 Å². The van der Waals surface area contributed by atoms with Gasteiger partial charge in [-0.15, -0.1) is 0 Å². The van der Waals surface area contributed by atoms with Crippen molar-refractivity contribution in [1.82, 2.24) is 49.7 Å². The topological polar surface area (TPSA) is 333 Å². The molecule has 29 heteroatoms. The van der Waals surface area contributed by atoms with Crippen LogP contribution in [0.5, 0.6) is 0 Å². The number of benzene rings is 2.